The average Bonchev–Trinajstić information content (AvgIpc) is 2.75. The minimum Gasteiger partial charge on any atom is -0.383 e. The summed E-state index contributed by atoms with van der Waals surface area (Å²) in [7, 11) is 1.67. The molecular formula is C10H12N4O. The fourth-order valence-electron chi connectivity index (χ4n) is 1.30. The van der Waals surface area contributed by atoms with Crippen molar-refractivity contribution < 1.29 is 4.74 Å². The first-order valence-corrected chi connectivity index (χ1v) is 4.70. The molecule has 0 radical (unpaired) electrons. The quantitative estimate of drug-likeness (QED) is 0.745. The summed E-state index contributed by atoms with van der Waals surface area (Å²) in [5.41, 5.74) is 0.825. The molecule has 0 bridgehead atoms. The third kappa shape index (κ3) is 2.19. The molecule has 2 rings (SSSR count). The van der Waals surface area contributed by atoms with E-state index in [1.807, 2.05) is 22.8 Å². The van der Waals surface area contributed by atoms with Crippen LogP contribution in [0.1, 0.15) is 0 Å². The molecule has 0 spiro atoms. The highest BCUT2D eigenvalue weighted by atomic mass is 16.5. The van der Waals surface area contributed by atoms with Crippen molar-refractivity contribution in [2.45, 2.75) is 6.54 Å². The zero-order chi connectivity index (χ0) is 10.5. The molecule has 0 atom stereocenters. The molecule has 0 saturated heterocycles. The fraction of sp³-hybridized carbons (Fsp3) is 0.300. The maximum atomic E-state index is 5.01. The van der Waals surface area contributed by atoms with E-state index in [4.69, 9.17) is 4.74 Å². The van der Waals surface area contributed by atoms with Crippen LogP contribution in [0.3, 0.4) is 0 Å². The number of nitrogens with zero attached hydrogens (tertiary/aromatic N) is 4. The monoisotopic (exact) mass is 204 g/mol. The summed E-state index contributed by atoms with van der Waals surface area (Å²) in [6.45, 7) is 1.37. The van der Waals surface area contributed by atoms with Crippen LogP contribution in [-0.4, -0.2) is 33.5 Å². The van der Waals surface area contributed by atoms with Crippen LogP contribution in [0.15, 0.2) is 30.7 Å². The highest BCUT2D eigenvalue weighted by molar-refractivity contribution is 5.48. The average molecular weight is 204 g/mol. The van der Waals surface area contributed by atoms with Gasteiger partial charge in [0.15, 0.2) is 5.82 Å². The van der Waals surface area contributed by atoms with Crippen LogP contribution in [-0.2, 0) is 11.3 Å². The van der Waals surface area contributed by atoms with Crippen LogP contribution in [0.25, 0.3) is 11.5 Å². The molecule has 0 saturated carbocycles. The van der Waals surface area contributed by atoms with Gasteiger partial charge in [-0.1, -0.05) is 6.07 Å². The maximum Gasteiger partial charge on any atom is 0.182 e. The zero-order valence-corrected chi connectivity index (χ0v) is 8.50. The lowest BCUT2D eigenvalue weighted by atomic mass is 10.3. The lowest BCUT2D eigenvalue weighted by Crippen LogP contribution is -2.05. The summed E-state index contributed by atoms with van der Waals surface area (Å²) in [6, 6.07) is 5.71. The molecule has 0 unspecified atom stereocenters. The Bertz CT molecular complexity index is 412. The lowest BCUT2D eigenvalue weighted by molar-refractivity contribution is 0.187. The topological polar surface area (TPSA) is 52.8 Å². The molecule has 0 aliphatic rings. The Morgan fingerprint density at radius 1 is 1.40 bits per heavy atom. The SMILES string of the molecule is COCCn1cnnc1-c1ccccn1. The van der Waals surface area contributed by atoms with Crippen LogP contribution in [0.4, 0.5) is 0 Å². The summed E-state index contributed by atoms with van der Waals surface area (Å²) in [5.74, 6) is 0.771. The van der Waals surface area contributed by atoms with Crippen molar-refractivity contribution in [3.05, 3.63) is 30.7 Å². The van der Waals surface area contributed by atoms with Crippen molar-refractivity contribution in [3.8, 4) is 11.5 Å². The molecular weight excluding hydrogens is 192 g/mol. The highest BCUT2D eigenvalue weighted by Gasteiger charge is 2.06. The number of ether oxygens (including phenoxy) is 1. The molecule has 0 aliphatic heterocycles. The lowest BCUT2D eigenvalue weighted by Gasteiger charge is -2.04. The first-order chi connectivity index (χ1) is 7.42. The Labute approximate surface area is 87.7 Å². The Hall–Kier alpha value is -1.75. The van der Waals surface area contributed by atoms with E-state index in [1.54, 1.807) is 19.6 Å². The summed E-state index contributed by atoms with van der Waals surface area (Å²) in [6.07, 6.45) is 3.42. The summed E-state index contributed by atoms with van der Waals surface area (Å²) in [4.78, 5) is 4.23. The molecule has 2 aromatic rings. The number of hydrogen-bond acceptors (Lipinski definition) is 4. The minimum atomic E-state index is 0.637. The van der Waals surface area contributed by atoms with E-state index >= 15 is 0 Å². The smallest absolute Gasteiger partial charge is 0.182 e. The molecule has 78 valence electrons. The van der Waals surface area contributed by atoms with Gasteiger partial charge in [-0.25, -0.2) is 0 Å². The molecule has 0 aliphatic carbocycles. The molecule has 0 aromatic carbocycles. The second kappa shape index (κ2) is 4.65. The largest absolute Gasteiger partial charge is 0.383 e. The van der Waals surface area contributed by atoms with Gasteiger partial charge in [-0.2, -0.15) is 0 Å². The molecule has 0 fully saturated rings. The zero-order valence-electron chi connectivity index (χ0n) is 8.50. The normalized spacial score (nSPS) is 10.5. The van der Waals surface area contributed by atoms with Crippen molar-refractivity contribution in [1.82, 2.24) is 19.7 Å². The van der Waals surface area contributed by atoms with Crippen molar-refractivity contribution in [2.24, 2.45) is 0 Å². The molecule has 5 heteroatoms. The van der Waals surface area contributed by atoms with Gasteiger partial charge in [-0.15, -0.1) is 10.2 Å². The number of pyridine rings is 1. The van der Waals surface area contributed by atoms with E-state index < -0.39 is 0 Å². The van der Waals surface area contributed by atoms with Crippen molar-refractivity contribution >= 4 is 0 Å². The second-order valence-corrected chi connectivity index (χ2v) is 3.06. The number of aromatic nitrogens is 4. The molecule has 2 heterocycles. The van der Waals surface area contributed by atoms with Crippen LogP contribution in [0, 0.1) is 0 Å². The molecule has 2 aromatic heterocycles. The molecule has 0 amide bonds. The van der Waals surface area contributed by atoms with Crippen molar-refractivity contribution in [3.63, 3.8) is 0 Å². The second-order valence-electron chi connectivity index (χ2n) is 3.06. The predicted octanol–water partition coefficient (Wildman–Crippen LogP) is 0.986. The first kappa shape index (κ1) is 9.79. The summed E-state index contributed by atoms with van der Waals surface area (Å²) < 4.78 is 6.93. The third-order valence-corrected chi connectivity index (χ3v) is 2.05. The van der Waals surface area contributed by atoms with Gasteiger partial charge < -0.3 is 9.30 Å². The van der Waals surface area contributed by atoms with Gasteiger partial charge in [0.1, 0.15) is 12.0 Å². The van der Waals surface area contributed by atoms with Gasteiger partial charge in [0.2, 0.25) is 0 Å². The van der Waals surface area contributed by atoms with E-state index in [0.29, 0.717) is 6.61 Å². The van der Waals surface area contributed by atoms with Crippen LogP contribution in [0.5, 0.6) is 0 Å². The van der Waals surface area contributed by atoms with E-state index in [2.05, 4.69) is 15.2 Å². The fourth-order valence-corrected chi connectivity index (χ4v) is 1.30. The Morgan fingerprint density at radius 3 is 3.07 bits per heavy atom. The highest BCUT2D eigenvalue weighted by Crippen LogP contribution is 2.12. The Morgan fingerprint density at radius 2 is 2.33 bits per heavy atom. The molecule has 0 N–H and O–H groups in total. The van der Waals surface area contributed by atoms with Crippen LogP contribution < -0.4 is 0 Å². The third-order valence-electron chi connectivity index (χ3n) is 2.05. The predicted molar refractivity (Wildman–Crippen MR) is 55.1 cm³/mol. The van der Waals surface area contributed by atoms with Crippen molar-refractivity contribution in [2.75, 3.05) is 13.7 Å². The van der Waals surface area contributed by atoms with E-state index in [-0.39, 0.29) is 0 Å². The molecule has 5 nitrogen and oxygen atoms in total. The van der Waals surface area contributed by atoms with E-state index in [9.17, 15) is 0 Å². The summed E-state index contributed by atoms with van der Waals surface area (Å²) >= 11 is 0. The van der Waals surface area contributed by atoms with Gasteiger partial charge in [-0.05, 0) is 12.1 Å². The van der Waals surface area contributed by atoms with Crippen LogP contribution >= 0.6 is 0 Å². The van der Waals surface area contributed by atoms with E-state index in [0.717, 1.165) is 18.1 Å². The van der Waals surface area contributed by atoms with Gasteiger partial charge in [0.05, 0.1) is 6.61 Å². The number of methoxy groups -OCH3 is 1. The number of hydrogen-bond donors (Lipinski definition) is 0. The van der Waals surface area contributed by atoms with Crippen molar-refractivity contribution in [1.29, 1.82) is 0 Å². The Kier molecular flexibility index (Phi) is 3.04. The minimum absolute atomic E-state index is 0.637. The first-order valence-electron chi connectivity index (χ1n) is 4.70. The van der Waals surface area contributed by atoms with Gasteiger partial charge in [0.25, 0.3) is 0 Å². The summed E-state index contributed by atoms with van der Waals surface area (Å²) in [5, 5.41) is 7.90. The van der Waals surface area contributed by atoms with Crippen LogP contribution in [0.2, 0.25) is 0 Å². The van der Waals surface area contributed by atoms with Gasteiger partial charge in [-0.3, -0.25) is 4.98 Å². The molecule has 15 heavy (non-hydrogen) atoms. The number of rotatable bonds is 4. The van der Waals surface area contributed by atoms with E-state index in [1.165, 1.54) is 0 Å². The van der Waals surface area contributed by atoms with Gasteiger partial charge >= 0.3 is 0 Å². The standard InChI is InChI=1S/C10H12N4O/c1-15-7-6-14-8-12-13-10(14)9-4-2-3-5-11-9/h2-5,8H,6-7H2,1H3. The Balaban J connectivity index is 2.25. The van der Waals surface area contributed by atoms with Gasteiger partial charge in [0, 0.05) is 19.9 Å². The maximum absolute atomic E-state index is 5.01.